The standard InChI is InChI=1S/C18H21ClN2O2/c1-11-8-13(3)17(15(19)9-11)21-18(22)20-10-23-16-7-5-6-12(2)14(16)4/h5-9H,10H2,1-4H3,(H2,20,21,22). The highest BCUT2D eigenvalue weighted by atomic mass is 35.5. The minimum absolute atomic E-state index is 0.0820. The molecule has 0 aliphatic carbocycles. The second-order valence-electron chi connectivity index (χ2n) is 5.56. The largest absolute Gasteiger partial charge is 0.473 e. The molecule has 0 saturated carbocycles. The molecule has 122 valence electrons. The number of hydrogen-bond donors (Lipinski definition) is 2. The molecule has 4 nitrogen and oxygen atoms in total. The maximum atomic E-state index is 12.0. The van der Waals surface area contributed by atoms with Gasteiger partial charge in [-0.3, -0.25) is 0 Å². The molecular weight excluding hydrogens is 312 g/mol. The van der Waals surface area contributed by atoms with Crippen LogP contribution in [-0.2, 0) is 0 Å². The zero-order valence-electron chi connectivity index (χ0n) is 13.8. The number of anilines is 1. The quantitative estimate of drug-likeness (QED) is 0.795. The maximum Gasteiger partial charge on any atom is 0.321 e. The van der Waals surface area contributed by atoms with E-state index in [4.69, 9.17) is 16.3 Å². The molecule has 0 radical (unpaired) electrons. The van der Waals surface area contributed by atoms with Gasteiger partial charge >= 0.3 is 6.03 Å². The summed E-state index contributed by atoms with van der Waals surface area (Å²) in [4.78, 5) is 12.0. The third-order valence-corrected chi connectivity index (χ3v) is 3.98. The van der Waals surface area contributed by atoms with Crippen LogP contribution in [0, 0.1) is 27.7 Å². The molecule has 5 heteroatoms. The molecule has 0 fully saturated rings. The van der Waals surface area contributed by atoms with Crippen LogP contribution in [0.15, 0.2) is 30.3 Å². The number of nitrogens with one attached hydrogen (secondary N) is 2. The van der Waals surface area contributed by atoms with Crippen molar-refractivity contribution < 1.29 is 9.53 Å². The van der Waals surface area contributed by atoms with Crippen LogP contribution in [0.4, 0.5) is 10.5 Å². The number of urea groups is 1. The molecule has 2 aromatic carbocycles. The van der Waals surface area contributed by atoms with Crippen molar-refractivity contribution in [3.05, 3.63) is 57.6 Å². The van der Waals surface area contributed by atoms with E-state index in [1.165, 1.54) is 0 Å². The summed E-state index contributed by atoms with van der Waals surface area (Å²) in [6, 6.07) is 9.25. The molecule has 0 saturated heterocycles. The Kier molecular flexibility index (Phi) is 5.50. The highest BCUT2D eigenvalue weighted by Gasteiger charge is 2.09. The first-order valence-electron chi connectivity index (χ1n) is 7.39. The van der Waals surface area contributed by atoms with Crippen molar-refractivity contribution in [2.24, 2.45) is 0 Å². The maximum absolute atomic E-state index is 12.0. The van der Waals surface area contributed by atoms with E-state index in [1.54, 1.807) is 0 Å². The van der Waals surface area contributed by atoms with Gasteiger partial charge in [0.2, 0.25) is 0 Å². The lowest BCUT2D eigenvalue weighted by Crippen LogP contribution is -2.32. The van der Waals surface area contributed by atoms with E-state index in [2.05, 4.69) is 10.6 Å². The predicted molar refractivity (Wildman–Crippen MR) is 94.5 cm³/mol. The fraction of sp³-hybridized carbons (Fsp3) is 0.278. The molecule has 2 rings (SSSR count). The smallest absolute Gasteiger partial charge is 0.321 e. The number of hydrogen-bond acceptors (Lipinski definition) is 2. The van der Waals surface area contributed by atoms with Gasteiger partial charge < -0.3 is 15.4 Å². The number of benzene rings is 2. The van der Waals surface area contributed by atoms with E-state index < -0.39 is 0 Å². The number of carbonyl (C=O) groups is 1. The first kappa shape index (κ1) is 17.2. The van der Waals surface area contributed by atoms with Crippen LogP contribution in [-0.4, -0.2) is 12.8 Å². The molecule has 23 heavy (non-hydrogen) atoms. The molecule has 0 atom stereocenters. The Labute approximate surface area is 141 Å². The van der Waals surface area contributed by atoms with E-state index in [9.17, 15) is 4.79 Å². The van der Waals surface area contributed by atoms with Crippen molar-refractivity contribution in [3.63, 3.8) is 0 Å². The molecule has 2 N–H and O–H groups in total. The molecule has 0 heterocycles. The number of amides is 2. The molecular formula is C18H21ClN2O2. The van der Waals surface area contributed by atoms with Crippen molar-refractivity contribution in [3.8, 4) is 5.75 Å². The molecule has 0 aromatic heterocycles. The van der Waals surface area contributed by atoms with E-state index in [0.717, 1.165) is 28.0 Å². The Balaban J connectivity index is 1.92. The Hall–Kier alpha value is -2.20. The van der Waals surface area contributed by atoms with Gasteiger partial charge in [-0.25, -0.2) is 4.79 Å². The summed E-state index contributed by atoms with van der Waals surface area (Å²) in [6.45, 7) is 7.95. The fourth-order valence-electron chi connectivity index (χ4n) is 2.29. The summed E-state index contributed by atoms with van der Waals surface area (Å²) in [5, 5.41) is 5.94. The summed E-state index contributed by atoms with van der Waals surface area (Å²) in [5.41, 5.74) is 4.79. The molecule has 0 unspecified atom stereocenters. The van der Waals surface area contributed by atoms with Gasteiger partial charge in [0.1, 0.15) is 5.75 Å². The zero-order valence-corrected chi connectivity index (χ0v) is 14.5. The van der Waals surface area contributed by atoms with Gasteiger partial charge in [-0.2, -0.15) is 0 Å². The lowest BCUT2D eigenvalue weighted by molar-refractivity contribution is 0.234. The van der Waals surface area contributed by atoms with Crippen molar-refractivity contribution in [1.82, 2.24) is 5.32 Å². The number of rotatable bonds is 4. The SMILES string of the molecule is Cc1cc(C)c(NC(=O)NCOc2cccc(C)c2C)c(Cl)c1. The lowest BCUT2D eigenvalue weighted by Gasteiger charge is -2.14. The summed E-state index contributed by atoms with van der Waals surface area (Å²) in [7, 11) is 0. The van der Waals surface area contributed by atoms with Crippen LogP contribution in [0.3, 0.4) is 0 Å². The highest BCUT2D eigenvalue weighted by Crippen LogP contribution is 2.27. The number of carbonyl (C=O) groups excluding carboxylic acids is 1. The third-order valence-electron chi connectivity index (χ3n) is 3.69. The number of aryl methyl sites for hydroxylation is 3. The first-order valence-corrected chi connectivity index (χ1v) is 7.77. The summed E-state index contributed by atoms with van der Waals surface area (Å²) < 4.78 is 5.60. The van der Waals surface area contributed by atoms with Gasteiger partial charge in [0, 0.05) is 0 Å². The van der Waals surface area contributed by atoms with Crippen molar-refractivity contribution in [2.75, 3.05) is 12.0 Å². The molecule has 2 amide bonds. The monoisotopic (exact) mass is 332 g/mol. The van der Waals surface area contributed by atoms with E-state index in [-0.39, 0.29) is 12.8 Å². The van der Waals surface area contributed by atoms with Gasteiger partial charge in [-0.1, -0.05) is 29.8 Å². The van der Waals surface area contributed by atoms with Gasteiger partial charge in [0.25, 0.3) is 0 Å². The van der Waals surface area contributed by atoms with Crippen LogP contribution in [0.25, 0.3) is 0 Å². The van der Waals surface area contributed by atoms with Crippen molar-refractivity contribution >= 4 is 23.3 Å². The Morgan fingerprint density at radius 1 is 1.13 bits per heavy atom. The predicted octanol–water partition coefficient (Wildman–Crippen LogP) is 4.73. The van der Waals surface area contributed by atoms with Crippen LogP contribution in [0.1, 0.15) is 22.3 Å². The molecule has 0 spiro atoms. The highest BCUT2D eigenvalue weighted by molar-refractivity contribution is 6.34. The van der Waals surface area contributed by atoms with E-state index in [0.29, 0.717) is 10.7 Å². The average Bonchev–Trinajstić information content (AvgIpc) is 2.47. The first-order chi connectivity index (χ1) is 10.9. The normalized spacial score (nSPS) is 10.3. The molecule has 0 aliphatic rings. The molecule has 0 aliphatic heterocycles. The minimum Gasteiger partial charge on any atom is -0.473 e. The zero-order chi connectivity index (χ0) is 17.0. The summed E-state index contributed by atoms with van der Waals surface area (Å²) >= 11 is 6.17. The van der Waals surface area contributed by atoms with E-state index >= 15 is 0 Å². The molecule has 2 aromatic rings. The lowest BCUT2D eigenvalue weighted by atomic mass is 10.1. The second kappa shape index (κ2) is 7.38. The van der Waals surface area contributed by atoms with Crippen LogP contribution in [0.2, 0.25) is 5.02 Å². The van der Waals surface area contributed by atoms with E-state index in [1.807, 2.05) is 58.0 Å². The average molecular weight is 333 g/mol. The van der Waals surface area contributed by atoms with Crippen LogP contribution >= 0.6 is 11.6 Å². The third kappa shape index (κ3) is 4.39. The fourth-order valence-corrected chi connectivity index (χ4v) is 2.66. The topological polar surface area (TPSA) is 50.4 Å². The Morgan fingerprint density at radius 2 is 1.87 bits per heavy atom. The molecule has 0 bridgehead atoms. The van der Waals surface area contributed by atoms with Crippen molar-refractivity contribution in [1.29, 1.82) is 0 Å². The summed E-state index contributed by atoms with van der Waals surface area (Å²) in [5.74, 6) is 0.759. The van der Waals surface area contributed by atoms with Crippen LogP contribution in [0.5, 0.6) is 5.75 Å². The Bertz CT molecular complexity index is 706. The second-order valence-corrected chi connectivity index (χ2v) is 5.96. The minimum atomic E-state index is -0.357. The van der Waals surface area contributed by atoms with Gasteiger partial charge in [0.05, 0.1) is 10.7 Å². The van der Waals surface area contributed by atoms with Crippen LogP contribution < -0.4 is 15.4 Å². The number of ether oxygens (including phenoxy) is 1. The van der Waals surface area contributed by atoms with Crippen molar-refractivity contribution in [2.45, 2.75) is 27.7 Å². The summed E-state index contributed by atoms with van der Waals surface area (Å²) in [6.07, 6.45) is 0. The van der Waals surface area contributed by atoms with Gasteiger partial charge in [-0.15, -0.1) is 0 Å². The Morgan fingerprint density at radius 3 is 2.57 bits per heavy atom. The number of halogens is 1. The van der Waals surface area contributed by atoms with Gasteiger partial charge in [-0.05, 0) is 62.1 Å². The van der Waals surface area contributed by atoms with Gasteiger partial charge in [0.15, 0.2) is 6.73 Å².